The second-order valence-corrected chi connectivity index (χ2v) is 6.22. The molecule has 0 heterocycles. The molecule has 0 fully saturated rings. The first-order valence-electron chi connectivity index (χ1n) is 8.09. The predicted molar refractivity (Wildman–Crippen MR) is 102 cm³/mol. The van der Waals surface area contributed by atoms with Crippen molar-refractivity contribution in [2.45, 2.75) is 19.8 Å². The van der Waals surface area contributed by atoms with Crippen LogP contribution in [-0.4, -0.2) is 23.0 Å². The van der Waals surface area contributed by atoms with E-state index in [1.54, 1.807) is 25.1 Å². The first-order chi connectivity index (χ1) is 13.3. The summed E-state index contributed by atoms with van der Waals surface area (Å²) in [5, 5.41) is 29.2. The average molecular weight is 404 g/mol. The van der Waals surface area contributed by atoms with Crippen LogP contribution in [0.3, 0.4) is 0 Å². The summed E-state index contributed by atoms with van der Waals surface area (Å²) in [4.78, 5) is 33.7. The Morgan fingerprint density at radius 1 is 1.18 bits per heavy atom. The molecule has 0 aliphatic rings. The van der Waals surface area contributed by atoms with Crippen LogP contribution in [0, 0.1) is 17.0 Å². The standard InChI is InChI=1S/C18H17ClN4O5/c1-11-8-13(19)2-4-15(11)21-17(25)6-7-18(26)22-20-10-12-9-14(23(27)28)3-5-16(12)24/h2-5,8-10,24H,6-7H2,1H3,(H,21,25)(H,22,26)/p-1/b20-10-. The Balaban J connectivity index is 1.84. The number of nitro benzene ring substituents is 1. The van der Waals surface area contributed by atoms with Gasteiger partial charge >= 0.3 is 0 Å². The number of amides is 2. The molecule has 0 spiro atoms. The second kappa shape index (κ2) is 9.47. The fourth-order valence-electron chi connectivity index (χ4n) is 2.19. The highest BCUT2D eigenvalue weighted by atomic mass is 35.5. The van der Waals surface area contributed by atoms with Gasteiger partial charge in [0, 0.05) is 35.7 Å². The van der Waals surface area contributed by atoms with Crippen LogP contribution in [-0.2, 0) is 9.59 Å². The third kappa shape index (κ3) is 6.06. The van der Waals surface area contributed by atoms with Crippen molar-refractivity contribution in [3.8, 4) is 5.75 Å². The summed E-state index contributed by atoms with van der Waals surface area (Å²) >= 11 is 5.85. The van der Waals surface area contributed by atoms with Gasteiger partial charge in [0.2, 0.25) is 11.8 Å². The highest BCUT2D eigenvalue weighted by Gasteiger charge is 2.09. The molecule has 2 N–H and O–H groups in total. The molecule has 0 aliphatic carbocycles. The van der Waals surface area contributed by atoms with E-state index in [1.165, 1.54) is 0 Å². The molecule has 0 aliphatic heterocycles. The number of nitrogens with zero attached hydrogens (tertiary/aromatic N) is 2. The van der Waals surface area contributed by atoms with Gasteiger partial charge in [-0.25, -0.2) is 5.43 Å². The first-order valence-corrected chi connectivity index (χ1v) is 8.47. The fraction of sp³-hybridized carbons (Fsp3) is 0.167. The van der Waals surface area contributed by atoms with E-state index in [1.807, 2.05) is 0 Å². The van der Waals surface area contributed by atoms with Gasteiger partial charge in [-0.05, 0) is 36.2 Å². The van der Waals surface area contributed by atoms with Gasteiger partial charge in [0.15, 0.2) is 0 Å². The Morgan fingerprint density at radius 3 is 2.57 bits per heavy atom. The number of hydrazone groups is 1. The van der Waals surface area contributed by atoms with Crippen LogP contribution in [0.2, 0.25) is 5.02 Å². The number of nitro groups is 1. The molecule has 0 unspecified atom stereocenters. The number of carbonyl (C=O) groups is 2. The van der Waals surface area contributed by atoms with Crippen molar-refractivity contribution < 1.29 is 19.6 Å². The summed E-state index contributed by atoms with van der Waals surface area (Å²) in [6, 6.07) is 8.20. The van der Waals surface area contributed by atoms with E-state index in [4.69, 9.17) is 11.6 Å². The maximum absolute atomic E-state index is 11.9. The number of aryl methyl sites for hydroxylation is 1. The van der Waals surface area contributed by atoms with Gasteiger partial charge in [0.1, 0.15) is 0 Å². The molecular weight excluding hydrogens is 388 g/mol. The Kier molecular flexibility index (Phi) is 7.05. The molecule has 10 heteroatoms. The number of hydrogen-bond donors (Lipinski definition) is 2. The lowest BCUT2D eigenvalue weighted by Crippen LogP contribution is -2.21. The van der Waals surface area contributed by atoms with E-state index in [0.29, 0.717) is 10.7 Å². The minimum absolute atomic E-state index is 0.0366. The third-order valence-electron chi connectivity index (χ3n) is 3.64. The zero-order chi connectivity index (χ0) is 20.7. The number of anilines is 1. The van der Waals surface area contributed by atoms with Crippen LogP contribution in [0.25, 0.3) is 0 Å². The van der Waals surface area contributed by atoms with Gasteiger partial charge < -0.3 is 10.4 Å². The number of nitrogens with one attached hydrogen (secondary N) is 2. The Morgan fingerprint density at radius 2 is 1.89 bits per heavy atom. The maximum atomic E-state index is 11.9. The number of rotatable bonds is 7. The van der Waals surface area contributed by atoms with E-state index in [2.05, 4.69) is 15.8 Å². The largest absolute Gasteiger partial charge is 0.872 e. The second-order valence-electron chi connectivity index (χ2n) is 5.78. The molecule has 2 aromatic carbocycles. The van der Waals surface area contributed by atoms with Gasteiger partial charge in [-0.1, -0.05) is 23.4 Å². The molecule has 0 saturated heterocycles. The predicted octanol–water partition coefficient (Wildman–Crippen LogP) is 2.50. The third-order valence-corrected chi connectivity index (χ3v) is 3.87. The average Bonchev–Trinajstić information content (AvgIpc) is 2.63. The van der Waals surface area contributed by atoms with Crippen molar-refractivity contribution in [2.24, 2.45) is 5.10 Å². The van der Waals surface area contributed by atoms with E-state index >= 15 is 0 Å². The zero-order valence-corrected chi connectivity index (χ0v) is 15.5. The van der Waals surface area contributed by atoms with Crippen molar-refractivity contribution >= 4 is 41.0 Å². The molecule has 28 heavy (non-hydrogen) atoms. The van der Waals surface area contributed by atoms with Crippen LogP contribution in [0.15, 0.2) is 41.5 Å². The summed E-state index contributed by atoms with van der Waals surface area (Å²) in [5.41, 5.74) is 3.26. The number of hydrogen-bond acceptors (Lipinski definition) is 6. The molecule has 0 radical (unpaired) electrons. The first kappa shape index (κ1) is 20.8. The maximum Gasteiger partial charge on any atom is 0.270 e. The zero-order valence-electron chi connectivity index (χ0n) is 14.8. The van der Waals surface area contributed by atoms with Gasteiger partial charge in [-0.15, -0.1) is 0 Å². The smallest absolute Gasteiger partial charge is 0.270 e. The molecule has 2 rings (SSSR count). The minimum atomic E-state index is -0.642. The molecular formula is C18H16ClN4O5-. The topological polar surface area (TPSA) is 137 Å². The lowest BCUT2D eigenvalue weighted by Gasteiger charge is -2.09. The van der Waals surface area contributed by atoms with Gasteiger partial charge in [0.05, 0.1) is 11.1 Å². The molecule has 2 amide bonds. The SMILES string of the molecule is Cc1cc(Cl)ccc1NC(=O)CCC(=O)N/N=C\c1cc([N+](=O)[O-])ccc1[O-]. The fourth-order valence-corrected chi connectivity index (χ4v) is 2.41. The Hall–Kier alpha value is -3.46. The van der Waals surface area contributed by atoms with Crippen molar-refractivity contribution in [3.05, 3.63) is 62.7 Å². The molecule has 2 aromatic rings. The van der Waals surface area contributed by atoms with Crippen LogP contribution in [0.1, 0.15) is 24.0 Å². The van der Waals surface area contributed by atoms with Crippen LogP contribution in [0.5, 0.6) is 5.75 Å². The number of carbonyl (C=O) groups excluding carboxylic acids is 2. The molecule has 0 saturated carbocycles. The lowest BCUT2D eigenvalue weighted by atomic mass is 10.2. The molecule has 0 bridgehead atoms. The summed E-state index contributed by atoms with van der Waals surface area (Å²) in [6.07, 6.45) is 0.812. The van der Waals surface area contributed by atoms with Crippen molar-refractivity contribution in [1.29, 1.82) is 0 Å². The molecule has 146 valence electrons. The minimum Gasteiger partial charge on any atom is -0.872 e. The summed E-state index contributed by atoms with van der Waals surface area (Å²) in [6.45, 7) is 1.79. The van der Waals surface area contributed by atoms with Crippen molar-refractivity contribution in [3.63, 3.8) is 0 Å². The van der Waals surface area contributed by atoms with Gasteiger partial charge in [0.25, 0.3) is 5.69 Å². The molecule has 9 nitrogen and oxygen atoms in total. The summed E-state index contributed by atoms with van der Waals surface area (Å²) in [7, 11) is 0. The summed E-state index contributed by atoms with van der Waals surface area (Å²) in [5.74, 6) is -1.37. The molecule has 0 atom stereocenters. The van der Waals surface area contributed by atoms with E-state index in [0.717, 1.165) is 30.0 Å². The highest BCUT2D eigenvalue weighted by molar-refractivity contribution is 6.30. The summed E-state index contributed by atoms with van der Waals surface area (Å²) < 4.78 is 0. The van der Waals surface area contributed by atoms with E-state index in [9.17, 15) is 24.8 Å². The Bertz CT molecular complexity index is 946. The number of halogens is 1. The highest BCUT2D eigenvalue weighted by Crippen LogP contribution is 2.20. The quantitative estimate of drug-likeness (QED) is 0.415. The van der Waals surface area contributed by atoms with Crippen molar-refractivity contribution in [1.82, 2.24) is 5.43 Å². The van der Waals surface area contributed by atoms with E-state index in [-0.39, 0.29) is 30.0 Å². The van der Waals surface area contributed by atoms with Crippen LogP contribution < -0.4 is 15.8 Å². The number of benzene rings is 2. The van der Waals surface area contributed by atoms with Gasteiger partial charge in [-0.3, -0.25) is 19.7 Å². The van der Waals surface area contributed by atoms with Crippen molar-refractivity contribution in [2.75, 3.05) is 5.32 Å². The van der Waals surface area contributed by atoms with Crippen LogP contribution in [0.4, 0.5) is 11.4 Å². The number of non-ortho nitro benzene ring substituents is 1. The normalized spacial score (nSPS) is 10.6. The van der Waals surface area contributed by atoms with Crippen LogP contribution >= 0.6 is 11.6 Å². The van der Waals surface area contributed by atoms with Gasteiger partial charge in [-0.2, -0.15) is 5.10 Å². The monoisotopic (exact) mass is 403 g/mol. The van der Waals surface area contributed by atoms with E-state index < -0.39 is 16.6 Å². The molecule has 0 aromatic heterocycles. The Labute approximate surface area is 165 Å². The lowest BCUT2D eigenvalue weighted by molar-refractivity contribution is -0.385.